The molecule has 0 radical (unpaired) electrons. The molecule has 170 valence electrons. The molecule has 0 aliphatic heterocycles. The SMILES string of the molecule is C[C@H](NC(=O)[C@H](Cc1ccc([N+](=O)[O-])cc1)NC(=O)OCc1ccccc1)c1ccccc1. The second-order valence-corrected chi connectivity index (χ2v) is 7.53. The van der Waals surface area contributed by atoms with Gasteiger partial charge in [-0.1, -0.05) is 72.8 Å². The van der Waals surface area contributed by atoms with Crippen molar-refractivity contribution in [1.29, 1.82) is 0 Å². The summed E-state index contributed by atoms with van der Waals surface area (Å²) in [6.45, 7) is 1.92. The standard InChI is InChI=1S/C25H25N3O5/c1-18(21-10-6-3-7-11-21)26-24(29)23(16-19-12-14-22(15-13-19)28(31)32)27-25(30)33-17-20-8-4-2-5-9-20/h2-15,18,23H,16-17H2,1H3,(H,26,29)(H,27,30)/t18-,23-/m0/s1. The maximum Gasteiger partial charge on any atom is 0.408 e. The van der Waals surface area contributed by atoms with E-state index in [0.717, 1.165) is 11.1 Å². The van der Waals surface area contributed by atoms with Gasteiger partial charge in [0.25, 0.3) is 5.69 Å². The zero-order valence-electron chi connectivity index (χ0n) is 18.1. The van der Waals surface area contributed by atoms with Crippen LogP contribution in [0.25, 0.3) is 0 Å². The third-order valence-corrected chi connectivity index (χ3v) is 5.07. The van der Waals surface area contributed by atoms with Crippen molar-refractivity contribution in [3.63, 3.8) is 0 Å². The van der Waals surface area contributed by atoms with E-state index < -0.39 is 17.1 Å². The van der Waals surface area contributed by atoms with Crippen molar-refractivity contribution in [1.82, 2.24) is 10.6 Å². The quantitative estimate of drug-likeness (QED) is 0.375. The molecule has 3 rings (SSSR count). The van der Waals surface area contributed by atoms with Crippen LogP contribution in [0.15, 0.2) is 84.9 Å². The molecule has 0 bridgehead atoms. The number of alkyl carbamates (subject to hydrolysis) is 1. The Morgan fingerprint density at radius 2 is 1.48 bits per heavy atom. The second-order valence-electron chi connectivity index (χ2n) is 7.53. The lowest BCUT2D eigenvalue weighted by molar-refractivity contribution is -0.384. The van der Waals surface area contributed by atoms with Gasteiger partial charge in [0.1, 0.15) is 12.6 Å². The molecule has 2 N–H and O–H groups in total. The van der Waals surface area contributed by atoms with Crippen LogP contribution >= 0.6 is 0 Å². The topological polar surface area (TPSA) is 111 Å². The number of carbonyl (C=O) groups excluding carboxylic acids is 2. The van der Waals surface area contributed by atoms with E-state index in [0.29, 0.717) is 5.56 Å². The van der Waals surface area contributed by atoms with Crippen LogP contribution in [0.4, 0.5) is 10.5 Å². The van der Waals surface area contributed by atoms with E-state index in [1.54, 1.807) is 12.1 Å². The van der Waals surface area contributed by atoms with Crippen molar-refractivity contribution in [3.8, 4) is 0 Å². The molecule has 33 heavy (non-hydrogen) atoms. The molecule has 0 aromatic heterocycles. The Balaban J connectivity index is 1.69. The van der Waals surface area contributed by atoms with Gasteiger partial charge in [0.2, 0.25) is 5.91 Å². The number of carbonyl (C=O) groups is 2. The molecule has 3 aromatic carbocycles. The minimum absolute atomic E-state index is 0.0484. The van der Waals surface area contributed by atoms with E-state index in [1.807, 2.05) is 67.6 Å². The zero-order chi connectivity index (χ0) is 23.6. The predicted molar refractivity (Wildman–Crippen MR) is 123 cm³/mol. The molecule has 2 amide bonds. The normalized spacial score (nSPS) is 12.3. The molecule has 8 heteroatoms. The summed E-state index contributed by atoms with van der Waals surface area (Å²) in [6, 6.07) is 23.3. The molecule has 0 heterocycles. The summed E-state index contributed by atoms with van der Waals surface area (Å²) in [5.41, 5.74) is 2.36. The Kier molecular flexibility index (Phi) is 8.13. The van der Waals surface area contributed by atoms with E-state index >= 15 is 0 Å². The Morgan fingerprint density at radius 3 is 2.09 bits per heavy atom. The number of hydrogen-bond acceptors (Lipinski definition) is 5. The first-order valence-corrected chi connectivity index (χ1v) is 10.5. The molecule has 3 aromatic rings. The summed E-state index contributed by atoms with van der Waals surface area (Å²) < 4.78 is 5.27. The van der Waals surface area contributed by atoms with Gasteiger partial charge in [-0.2, -0.15) is 0 Å². The van der Waals surface area contributed by atoms with Crippen molar-refractivity contribution in [2.24, 2.45) is 0 Å². The Hall–Kier alpha value is -4.20. The van der Waals surface area contributed by atoms with Crippen LogP contribution in [0.1, 0.15) is 29.7 Å². The van der Waals surface area contributed by atoms with Crippen LogP contribution in [-0.4, -0.2) is 23.0 Å². The number of nitro groups is 1. The predicted octanol–water partition coefficient (Wildman–Crippen LogP) is 4.31. The highest BCUT2D eigenvalue weighted by Gasteiger charge is 2.24. The molecule has 0 unspecified atom stereocenters. The first-order valence-electron chi connectivity index (χ1n) is 10.5. The van der Waals surface area contributed by atoms with Gasteiger partial charge in [0.05, 0.1) is 11.0 Å². The molecule has 0 saturated heterocycles. The fourth-order valence-corrected chi connectivity index (χ4v) is 3.24. The fourth-order valence-electron chi connectivity index (χ4n) is 3.24. The van der Waals surface area contributed by atoms with Crippen LogP contribution in [0, 0.1) is 10.1 Å². The van der Waals surface area contributed by atoms with Gasteiger partial charge in [0, 0.05) is 18.6 Å². The van der Waals surface area contributed by atoms with Crippen molar-refractivity contribution in [2.45, 2.75) is 32.0 Å². The van der Waals surface area contributed by atoms with Crippen LogP contribution < -0.4 is 10.6 Å². The van der Waals surface area contributed by atoms with Gasteiger partial charge in [-0.25, -0.2) is 4.79 Å². The van der Waals surface area contributed by atoms with Gasteiger partial charge < -0.3 is 15.4 Å². The monoisotopic (exact) mass is 447 g/mol. The molecule has 2 atom stereocenters. The highest BCUT2D eigenvalue weighted by Crippen LogP contribution is 2.15. The molecular weight excluding hydrogens is 422 g/mol. The highest BCUT2D eigenvalue weighted by atomic mass is 16.6. The lowest BCUT2D eigenvalue weighted by Crippen LogP contribution is -2.48. The zero-order valence-corrected chi connectivity index (χ0v) is 18.1. The van der Waals surface area contributed by atoms with Gasteiger partial charge in [-0.15, -0.1) is 0 Å². The third-order valence-electron chi connectivity index (χ3n) is 5.07. The van der Waals surface area contributed by atoms with Crippen LogP contribution in [0.2, 0.25) is 0 Å². The average Bonchev–Trinajstić information content (AvgIpc) is 2.83. The van der Waals surface area contributed by atoms with E-state index in [-0.39, 0.29) is 30.7 Å². The summed E-state index contributed by atoms with van der Waals surface area (Å²) in [5, 5.41) is 16.4. The summed E-state index contributed by atoms with van der Waals surface area (Å²) >= 11 is 0. The molecule has 0 aliphatic rings. The lowest BCUT2D eigenvalue weighted by atomic mass is 10.0. The number of nitrogens with one attached hydrogen (secondary N) is 2. The van der Waals surface area contributed by atoms with Crippen molar-refractivity contribution >= 4 is 17.7 Å². The van der Waals surface area contributed by atoms with Gasteiger partial charge in [0.15, 0.2) is 0 Å². The smallest absolute Gasteiger partial charge is 0.408 e. The number of amides is 2. The average molecular weight is 447 g/mol. The number of nitrogens with zero attached hydrogens (tertiary/aromatic N) is 1. The largest absolute Gasteiger partial charge is 0.445 e. The van der Waals surface area contributed by atoms with E-state index in [2.05, 4.69) is 10.6 Å². The van der Waals surface area contributed by atoms with Crippen molar-refractivity contribution < 1.29 is 19.2 Å². The second kappa shape index (κ2) is 11.4. The summed E-state index contributed by atoms with van der Waals surface area (Å²) in [5.74, 6) is -0.388. The van der Waals surface area contributed by atoms with E-state index in [9.17, 15) is 19.7 Å². The van der Waals surface area contributed by atoms with Crippen molar-refractivity contribution in [2.75, 3.05) is 0 Å². The summed E-state index contributed by atoms with van der Waals surface area (Å²) in [6.07, 6.45) is -0.584. The maximum absolute atomic E-state index is 13.0. The number of hydrogen-bond donors (Lipinski definition) is 2. The third kappa shape index (κ3) is 7.17. The lowest BCUT2D eigenvalue weighted by Gasteiger charge is -2.21. The van der Waals surface area contributed by atoms with Crippen molar-refractivity contribution in [3.05, 3.63) is 112 Å². The minimum Gasteiger partial charge on any atom is -0.445 e. The molecular formula is C25H25N3O5. The van der Waals surface area contributed by atoms with E-state index in [1.165, 1.54) is 12.1 Å². The summed E-state index contributed by atoms with van der Waals surface area (Å²) in [7, 11) is 0. The maximum atomic E-state index is 13.0. The van der Waals surface area contributed by atoms with Crippen LogP contribution in [-0.2, 0) is 22.6 Å². The van der Waals surface area contributed by atoms with Crippen LogP contribution in [0.3, 0.4) is 0 Å². The van der Waals surface area contributed by atoms with Gasteiger partial charge >= 0.3 is 6.09 Å². The van der Waals surface area contributed by atoms with Crippen LogP contribution in [0.5, 0.6) is 0 Å². The number of rotatable bonds is 9. The number of benzene rings is 3. The molecule has 0 saturated carbocycles. The number of ether oxygens (including phenoxy) is 1. The highest BCUT2D eigenvalue weighted by molar-refractivity contribution is 5.86. The molecule has 0 fully saturated rings. The Morgan fingerprint density at radius 1 is 0.879 bits per heavy atom. The molecule has 0 spiro atoms. The van der Waals surface area contributed by atoms with Gasteiger partial charge in [-0.05, 0) is 23.6 Å². The Labute approximate surface area is 191 Å². The van der Waals surface area contributed by atoms with E-state index in [4.69, 9.17) is 4.74 Å². The first kappa shape index (κ1) is 23.5. The number of nitro benzene ring substituents is 1. The number of non-ortho nitro benzene ring substituents is 1. The molecule has 0 aliphatic carbocycles. The summed E-state index contributed by atoms with van der Waals surface area (Å²) in [4.78, 5) is 35.9. The molecule has 8 nitrogen and oxygen atoms in total. The Bertz CT molecular complexity index is 1070. The minimum atomic E-state index is -0.930. The first-order chi connectivity index (χ1) is 15.9. The van der Waals surface area contributed by atoms with Gasteiger partial charge in [-0.3, -0.25) is 14.9 Å². The fraction of sp³-hybridized carbons (Fsp3) is 0.200.